The van der Waals surface area contributed by atoms with Crippen molar-refractivity contribution in [3.05, 3.63) is 58.7 Å². The molecule has 1 N–H and O–H groups in total. The van der Waals surface area contributed by atoms with E-state index in [1.54, 1.807) is 12.1 Å². The molecule has 2 aromatic carbocycles. The van der Waals surface area contributed by atoms with Crippen LogP contribution in [0.25, 0.3) is 12.2 Å². The average Bonchev–Trinajstić information content (AvgIpc) is 2.70. The molecule has 1 aliphatic heterocycles. The minimum Gasteiger partial charge on any atom is -0.504 e. The Morgan fingerprint density at radius 2 is 1.70 bits per heavy atom. The number of likely N-dealkylation sites (N-methyl/N-ethyl adjacent to an activating group) is 1. The van der Waals surface area contributed by atoms with Gasteiger partial charge in [0, 0.05) is 32.7 Å². The number of phenolic OH excluding ortho intramolecular Hbond substituents is 1. The van der Waals surface area contributed by atoms with Crippen molar-refractivity contribution in [2.45, 2.75) is 6.54 Å². The van der Waals surface area contributed by atoms with Gasteiger partial charge < -0.3 is 14.7 Å². The van der Waals surface area contributed by atoms with Crippen molar-refractivity contribution in [3.63, 3.8) is 0 Å². The Balaban J connectivity index is 1.66. The summed E-state index contributed by atoms with van der Waals surface area (Å²) in [5.74, 6) is 0.166. The van der Waals surface area contributed by atoms with Crippen molar-refractivity contribution in [1.29, 1.82) is 0 Å². The first-order chi connectivity index (χ1) is 13.1. The van der Waals surface area contributed by atoms with Gasteiger partial charge in [0.15, 0.2) is 17.8 Å². The summed E-state index contributed by atoms with van der Waals surface area (Å²) in [4.78, 5) is 15.9. The minimum atomic E-state index is -0.127. The molecule has 27 heavy (non-hydrogen) atoms. The number of nitrogens with zero attached hydrogens (tertiary/aromatic N) is 2. The van der Waals surface area contributed by atoms with Gasteiger partial charge in [-0.05, 0) is 35.9 Å². The lowest BCUT2D eigenvalue weighted by atomic mass is 10.1. The molecule has 0 amide bonds. The van der Waals surface area contributed by atoms with Crippen LogP contribution in [0.4, 0.5) is 0 Å². The molecular formula is C22H26N2O3. The summed E-state index contributed by atoms with van der Waals surface area (Å²) in [5, 5.41) is 9.89. The van der Waals surface area contributed by atoms with Gasteiger partial charge in [0.25, 0.3) is 0 Å². The summed E-state index contributed by atoms with van der Waals surface area (Å²) < 4.78 is 5.12. The van der Waals surface area contributed by atoms with E-state index in [1.165, 1.54) is 12.7 Å². The zero-order valence-electron chi connectivity index (χ0n) is 15.9. The zero-order chi connectivity index (χ0) is 19.2. The molecular weight excluding hydrogens is 340 g/mol. The number of phenols is 1. The van der Waals surface area contributed by atoms with Crippen LogP contribution in [-0.4, -0.2) is 61.5 Å². The molecule has 0 radical (unpaired) electrons. The van der Waals surface area contributed by atoms with E-state index in [9.17, 15) is 9.90 Å². The van der Waals surface area contributed by atoms with Crippen LogP contribution in [-0.2, 0) is 6.54 Å². The van der Waals surface area contributed by atoms with Crippen LogP contribution in [0.5, 0.6) is 11.5 Å². The number of piperazine rings is 1. The Hall–Kier alpha value is -2.63. The summed E-state index contributed by atoms with van der Waals surface area (Å²) >= 11 is 0. The summed E-state index contributed by atoms with van der Waals surface area (Å²) in [5.41, 5.74) is 3.41. The maximum atomic E-state index is 11.1. The smallest absolute Gasteiger partial charge is 0.168 e. The number of aldehydes is 1. The second kappa shape index (κ2) is 8.84. The maximum absolute atomic E-state index is 11.1. The number of benzene rings is 2. The van der Waals surface area contributed by atoms with Crippen LogP contribution < -0.4 is 4.74 Å². The van der Waals surface area contributed by atoms with E-state index in [4.69, 9.17) is 4.74 Å². The number of carbonyl (C=O) groups is 1. The van der Waals surface area contributed by atoms with Crippen molar-refractivity contribution in [2.24, 2.45) is 0 Å². The molecule has 0 bridgehead atoms. The molecule has 0 spiro atoms. The number of carbonyl (C=O) groups excluding carboxylic acids is 1. The fourth-order valence-corrected chi connectivity index (χ4v) is 3.18. The molecule has 5 heteroatoms. The molecule has 0 unspecified atom stereocenters. The SMILES string of the molecule is COc1cc(/C=C/c2ccc(CN3CCN(C)CC3)cc2)cc(C=O)c1O. The van der Waals surface area contributed by atoms with Gasteiger partial charge in [-0.1, -0.05) is 36.4 Å². The molecule has 0 aromatic heterocycles. The fraction of sp³-hybridized carbons (Fsp3) is 0.318. The molecule has 1 saturated heterocycles. The molecule has 142 valence electrons. The molecule has 3 rings (SSSR count). The van der Waals surface area contributed by atoms with Crippen LogP contribution in [0.1, 0.15) is 27.0 Å². The molecule has 2 aromatic rings. The number of hydrogen-bond acceptors (Lipinski definition) is 5. The average molecular weight is 366 g/mol. The summed E-state index contributed by atoms with van der Waals surface area (Å²) in [7, 11) is 3.64. The van der Waals surface area contributed by atoms with Crippen LogP contribution >= 0.6 is 0 Å². The van der Waals surface area contributed by atoms with Crippen molar-refractivity contribution in [1.82, 2.24) is 9.80 Å². The number of hydrogen-bond donors (Lipinski definition) is 1. The second-order valence-corrected chi connectivity index (χ2v) is 6.93. The first-order valence-corrected chi connectivity index (χ1v) is 9.13. The largest absolute Gasteiger partial charge is 0.504 e. The van der Waals surface area contributed by atoms with Crippen molar-refractivity contribution >= 4 is 18.4 Å². The van der Waals surface area contributed by atoms with Crippen molar-refractivity contribution in [2.75, 3.05) is 40.3 Å². The lowest BCUT2D eigenvalue weighted by Crippen LogP contribution is -2.43. The first kappa shape index (κ1) is 19.1. The van der Waals surface area contributed by atoms with Gasteiger partial charge in [-0.3, -0.25) is 9.69 Å². The highest BCUT2D eigenvalue weighted by Crippen LogP contribution is 2.31. The van der Waals surface area contributed by atoms with E-state index in [-0.39, 0.29) is 11.3 Å². The third-order valence-electron chi connectivity index (χ3n) is 4.92. The molecule has 1 heterocycles. The Bertz CT molecular complexity index is 807. The quantitative estimate of drug-likeness (QED) is 0.629. The third-order valence-corrected chi connectivity index (χ3v) is 4.92. The Morgan fingerprint density at radius 1 is 1.04 bits per heavy atom. The van der Waals surface area contributed by atoms with Gasteiger partial charge in [-0.25, -0.2) is 0 Å². The molecule has 0 aliphatic carbocycles. The van der Waals surface area contributed by atoms with Crippen molar-refractivity contribution < 1.29 is 14.6 Å². The highest BCUT2D eigenvalue weighted by atomic mass is 16.5. The third kappa shape index (κ3) is 4.96. The first-order valence-electron chi connectivity index (χ1n) is 9.13. The summed E-state index contributed by atoms with van der Waals surface area (Å²) in [6, 6.07) is 11.9. The lowest BCUT2D eigenvalue weighted by Gasteiger charge is -2.32. The van der Waals surface area contributed by atoms with Gasteiger partial charge in [0.05, 0.1) is 12.7 Å². The van der Waals surface area contributed by atoms with Crippen LogP contribution in [0.3, 0.4) is 0 Å². The molecule has 0 atom stereocenters. The molecule has 5 nitrogen and oxygen atoms in total. The number of rotatable bonds is 6. The lowest BCUT2D eigenvalue weighted by molar-refractivity contribution is 0.112. The van der Waals surface area contributed by atoms with Crippen LogP contribution in [0, 0.1) is 0 Å². The zero-order valence-corrected chi connectivity index (χ0v) is 15.9. The van der Waals surface area contributed by atoms with E-state index < -0.39 is 0 Å². The minimum absolute atomic E-state index is 0.127. The maximum Gasteiger partial charge on any atom is 0.168 e. The van der Waals surface area contributed by atoms with Crippen molar-refractivity contribution in [3.8, 4) is 11.5 Å². The summed E-state index contributed by atoms with van der Waals surface area (Å²) in [6.45, 7) is 5.45. The fourth-order valence-electron chi connectivity index (χ4n) is 3.18. The van der Waals surface area contributed by atoms with Gasteiger partial charge in [0.2, 0.25) is 0 Å². The van der Waals surface area contributed by atoms with E-state index in [1.807, 2.05) is 12.2 Å². The predicted octanol–water partition coefficient (Wildman–Crippen LogP) is 3.13. The monoisotopic (exact) mass is 366 g/mol. The van der Waals surface area contributed by atoms with E-state index in [2.05, 4.69) is 41.1 Å². The van der Waals surface area contributed by atoms with E-state index >= 15 is 0 Å². The Labute approximate surface area is 160 Å². The van der Waals surface area contributed by atoms with Gasteiger partial charge in [0.1, 0.15) is 0 Å². The molecule has 0 saturated carbocycles. The number of methoxy groups -OCH3 is 1. The topological polar surface area (TPSA) is 53.0 Å². The Morgan fingerprint density at radius 3 is 2.33 bits per heavy atom. The predicted molar refractivity (Wildman–Crippen MR) is 108 cm³/mol. The van der Waals surface area contributed by atoms with Crippen LogP contribution in [0.2, 0.25) is 0 Å². The second-order valence-electron chi connectivity index (χ2n) is 6.93. The molecule has 1 fully saturated rings. The number of ether oxygens (including phenoxy) is 1. The van der Waals surface area contributed by atoms with E-state index in [0.717, 1.165) is 43.9 Å². The highest BCUT2D eigenvalue weighted by molar-refractivity contribution is 5.84. The van der Waals surface area contributed by atoms with Gasteiger partial charge >= 0.3 is 0 Å². The summed E-state index contributed by atoms with van der Waals surface area (Å²) in [6.07, 6.45) is 4.52. The highest BCUT2D eigenvalue weighted by Gasteiger charge is 2.13. The van der Waals surface area contributed by atoms with Crippen LogP contribution in [0.15, 0.2) is 36.4 Å². The van der Waals surface area contributed by atoms with Gasteiger partial charge in [-0.2, -0.15) is 0 Å². The van der Waals surface area contributed by atoms with E-state index in [0.29, 0.717) is 12.0 Å². The normalized spacial score (nSPS) is 15.9. The number of aromatic hydroxyl groups is 1. The molecule has 1 aliphatic rings. The van der Waals surface area contributed by atoms with Gasteiger partial charge in [-0.15, -0.1) is 0 Å². The Kier molecular flexibility index (Phi) is 6.27. The standard InChI is InChI=1S/C22H26N2O3/c1-23-9-11-24(12-10-23)15-18-6-3-17(4-7-18)5-8-19-13-20(16-25)22(26)21(14-19)27-2/h3-8,13-14,16,26H,9-12,15H2,1-2H3/b8-5+.